The number of likely N-dealkylation sites (tertiary alicyclic amines) is 1. The number of nitrogens with two attached hydrogens (primary N) is 1. The van der Waals surface area contributed by atoms with Gasteiger partial charge >= 0.3 is 0 Å². The highest BCUT2D eigenvalue weighted by atomic mass is 35.5. The van der Waals surface area contributed by atoms with E-state index in [2.05, 4.69) is 10.4 Å². The molecule has 7 heteroatoms. The number of hydrogen-bond donors (Lipinski definition) is 2. The van der Waals surface area contributed by atoms with Crippen molar-refractivity contribution in [3.05, 3.63) is 22.8 Å². The first-order chi connectivity index (χ1) is 8.65. The molecule has 1 unspecified atom stereocenters. The lowest BCUT2D eigenvalue weighted by atomic mass is 10.3. The maximum atomic E-state index is 12.3. The fourth-order valence-corrected chi connectivity index (χ4v) is 2.11. The number of rotatable bonds is 3. The lowest BCUT2D eigenvalue weighted by Gasteiger charge is -2.16. The Bertz CT molecular complexity index is 455. The van der Waals surface area contributed by atoms with Crippen LogP contribution < -0.4 is 11.3 Å². The Morgan fingerprint density at radius 2 is 2.44 bits per heavy atom. The van der Waals surface area contributed by atoms with Crippen LogP contribution in [-0.4, -0.2) is 42.1 Å². The molecule has 1 aliphatic rings. The molecule has 1 saturated heterocycles. The number of ether oxygens (including phenoxy) is 1. The van der Waals surface area contributed by atoms with Gasteiger partial charge in [0.2, 0.25) is 0 Å². The van der Waals surface area contributed by atoms with E-state index < -0.39 is 0 Å². The minimum absolute atomic E-state index is 0.0866. The first-order valence-corrected chi connectivity index (χ1v) is 5.98. The summed E-state index contributed by atoms with van der Waals surface area (Å²) >= 11 is 5.99. The smallest absolute Gasteiger partial charge is 0.274 e. The highest BCUT2D eigenvalue weighted by Gasteiger charge is 2.28. The lowest BCUT2D eigenvalue weighted by Crippen LogP contribution is -2.31. The first-order valence-electron chi connectivity index (χ1n) is 5.61. The molecule has 1 fully saturated rings. The molecule has 0 spiro atoms. The molecule has 1 amide bonds. The number of halogens is 1. The molecule has 6 nitrogen and oxygen atoms in total. The van der Waals surface area contributed by atoms with Gasteiger partial charge in [-0.3, -0.25) is 4.79 Å². The van der Waals surface area contributed by atoms with E-state index in [-0.39, 0.29) is 17.7 Å². The van der Waals surface area contributed by atoms with Crippen LogP contribution in [-0.2, 0) is 4.74 Å². The van der Waals surface area contributed by atoms with Crippen LogP contribution in [0.15, 0.2) is 12.1 Å². The monoisotopic (exact) mass is 270 g/mol. The summed E-state index contributed by atoms with van der Waals surface area (Å²) in [5, 5.41) is 0.319. The van der Waals surface area contributed by atoms with Crippen molar-refractivity contribution in [3.8, 4) is 0 Å². The van der Waals surface area contributed by atoms with Crippen LogP contribution in [0.4, 0.5) is 5.82 Å². The topological polar surface area (TPSA) is 80.5 Å². The van der Waals surface area contributed by atoms with Gasteiger partial charge in [0.1, 0.15) is 11.5 Å². The second-order valence-electron chi connectivity index (χ2n) is 4.07. The van der Waals surface area contributed by atoms with Gasteiger partial charge < -0.3 is 15.1 Å². The van der Waals surface area contributed by atoms with Crippen molar-refractivity contribution in [3.63, 3.8) is 0 Å². The van der Waals surface area contributed by atoms with E-state index in [9.17, 15) is 4.79 Å². The molecule has 18 heavy (non-hydrogen) atoms. The number of hydrogen-bond acceptors (Lipinski definition) is 5. The number of amides is 1. The Balaban J connectivity index is 2.18. The van der Waals surface area contributed by atoms with Crippen LogP contribution in [0.2, 0.25) is 5.02 Å². The zero-order valence-corrected chi connectivity index (χ0v) is 10.8. The number of anilines is 1. The Morgan fingerprint density at radius 3 is 3.06 bits per heavy atom. The molecule has 0 saturated carbocycles. The van der Waals surface area contributed by atoms with Gasteiger partial charge in [-0.2, -0.15) is 0 Å². The van der Waals surface area contributed by atoms with E-state index in [1.54, 1.807) is 24.1 Å². The highest BCUT2D eigenvalue weighted by molar-refractivity contribution is 6.33. The lowest BCUT2D eigenvalue weighted by molar-refractivity contribution is 0.0719. The molecular formula is C11H15ClN4O2. The van der Waals surface area contributed by atoms with E-state index in [4.69, 9.17) is 22.2 Å². The van der Waals surface area contributed by atoms with E-state index in [1.807, 2.05) is 0 Å². The summed E-state index contributed by atoms with van der Waals surface area (Å²) in [6.07, 6.45) is 0.915. The number of carbonyl (C=O) groups excluding carboxylic acids is 1. The third-order valence-electron chi connectivity index (χ3n) is 2.96. The summed E-state index contributed by atoms with van der Waals surface area (Å²) in [4.78, 5) is 18.0. The molecular weight excluding hydrogens is 256 g/mol. The number of aromatic nitrogens is 1. The van der Waals surface area contributed by atoms with Gasteiger partial charge in [-0.25, -0.2) is 10.8 Å². The Labute approximate surface area is 110 Å². The molecule has 1 aromatic heterocycles. The number of methoxy groups -OCH3 is 1. The summed E-state index contributed by atoms with van der Waals surface area (Å²) in [6.45, 7) is 1.21. The summed E-state index contributed by atoms with van der Waals surface area (Å²) in [5.41, 5.74) is 2.61. The molecule has 2 rings (SSSR count). The average molecular weight is 271 g/mol. The summed E-state index contributed by atoms with van der Waals surface area (Å²) in [7, 11) is 1.64. The zero-order valence-electron chi connectivity index (χ0n) is 10.0. The quantitative estimate of drug-likeness (QED) is 0.630. The molecule has 3 N–H and O–H groups in total. The summed E-state index contributed by atoms with van der Waals surface area (Å²) in [5.74, 6) is 5.48. The van der Waals surface area contributed by atoms with Gasteiger partial charge in [0.15, 0.2) is 0 Å². The van der Waals surface area contributed by atoms with Gasteiger partial charge in [-0.1, -0.05) is 11.6 Å². The van der Waals surface area contributed by atoms with E-state index in [0.29, 0.717) is 23.9 Å². The van der Waals surface area contributed by atoms with Crippen molar-refractivity contribution in [1.29, 1.82) is 0 Å². The fourth-order valence-electron chi connectivity index (χ4n) is 1.93. The fraction of sp³-hybridized carbons (Fsp3) is 0.455. The van der Waals surface area contributed by atoms with Gasteiger partial charge in [0, 0.05) is 20.2 Å². The van der Waals surface area contributed by atoms with Gasteiger partial charge in [0.05, 0.1) is 11.1 Å². The number of carbonyl (C=O) groups is 1. The van der Waals surface area contributed by atoms with Crippen LogP contribution in [0.3, 0.4) is 0 Å². The number of nitrogens with zero attached hydrogens (tertiary/aromatic N) is 2. The Morgan fingerprint density at radius 1 is 1.67 bits per heavy atom. The number of hydrazine groups is 1. The highest BCUT2D eigenvalue weighted by Crippen LogP contribution is 2.21. The molecule has 2 heterocycles. The number of pyridine rings is 1. The van der Waals surface area contributed by atoms with Crippen molar-refractivity contribution in [2.75, 3.05) is 25.6 Å². The van der Waals surface area contributed by atoms with Crippen LogP contribution in [0.1, 0.15) is 16.9 Å². The van der Waals surface area contributed by atoms with Crippen molar-refractivity contribution in [2.24, 2.45) is 5.84 Å². The predicted molar refractivity (Wildman–Crippen MR) is 68.4 cm³/mol. The van der Waals surface area contributed by atoms with Crippen LogP contribution in [0.5, 0.6) is 0 Å². The SMILES string of the molecule is COC1CCN(C(=O)c2nc(NN)ccc2Cl)C1. The third-order valence-corrected chi connectivity index (χ3v) is 3.27. The Kier molecular flexibility index (Phi) is 4.00. The minimum Gasteiger partial charge on any atom is -0.380 e. The molecule has 0 radical (unpaired) electrons. The molecule has 1 atom stereocenters. The first kappa shape index (κ1) is 13.1. The zero-order chi connectivity index (χ0) is 13.1. The van der Waals surface area contributed by atoms with Gasteiger partial charge in [-0.05, 0) is 18.6 Å². The molecule has 98 valence electrons. The largest absolute Gasteiger partial charge is 0.380 e. The maximum Gasteiger partial charge on any atom is 0.274 e. The van der Waals surface area contributed by atoms with E-state index >= 15 is 0 Å². The molecule has 1 aliphatic heterocycles. The summed E-state index contributed by atoms with van der Waals surface area (Å²) in [6, 6.07) is 3.21. The van der Waals surface area contributed by atoms with Gasteiger partial charge in [0.25, 0.3) is 5.91 Å². The van der Waals surface area contributed by atoms with E-state index in [1.165, 1.54) is 0 Å². The minimum atomic E-state index is -0.198. The Hall–Kier alpha value is -1.37. The summed E-state index contributed by atoms with van der Waals surface area (Å²) < 4.78 is 5.22. The predicted octanol–water partition coefficient (Wildman–Crippen LogP) is 0.881. The van der Waals surface area contributed by atoms with Crippen LogP contribution >= 0.6 is 11.6 Å². The maximum absolute atomic E-state index is 12.3. The molecule has 0 aliphatic carbocycles. The second kappa shape index (κ2) is 5.51. The standard InChI is InChI=1S/C11H15ClN4O2/c1-18-7-4-5-16(6-7)11(17)10-8(12)2-3-9(14-10)15-13/h2-3,7H,4-6,13H2,1H3,(H,14,15). The molecule has 0 aromatic carbocycles. The second-order valence-corrected chi connectivity index (χ2v) is 4.48. The average Bonchev–Trinajstić information content (AvgIpc) is 2.87. The third kappa shape index (κ3) is 2.55. The van der Waals surface area contributed by atoms with Crippen LogP contribution in [0.25, 0.3) is 0 Å². The molecule has 0 bridgehead atoms. The van der Waals surface area contributed by atoms with Crippen LogP contribution in [0, 0.1) is 0 Å². The van der Waals surface area contributed by atoms with Crippen molar-refractivity contribution < 1.29 is 9.53 Å². The van der Waals surface area contributed by atoms with Crippen molar-refractivity contribution in [2.45, 2.75) is 12.5 Å². The van der Waals surface area contributed by atoms with Crippen molar-refractivity contribution >= 4 is 23.3 Å². The normalized spacial score (nSPS) is 19.1. The van der Waals surface area contributed by atoms with Gasteiger partial charge in [-0.15, -0.1) is 0 Å². The van der Waals surface area contributed by atoms with Crippen molar-refractivity contribution in [1.82, 2.24) is 9.88 Å². The van der Waals surface area contributed by atoms with E-state index in [0.717, 1.165) is 6.42 Å². The number of nitrogens with one attached hydrogen (secondary N) is 1. The molecule has 1 aromatic rings. The number of nitrogen functional groups attached to an aromatic ring is 1.